The molecular formula is C10H20N2O4. The molecule has 0 aliphatic rings. The van der Waals surface area contributed by atoms with Crippen LogP contribution in [-0.4, -0.2) is 40.8 Å². The molecule has 0 aromatic rings. The Balaban J connectivity index is 3.94. The number of carbonyl (C=O) groups excluding carboxylic acids is 1. The first kappa shape index (κ1) is 14.9. The van der Waals surface area contributed by atoms with Crippen LogP contribution in [0.1, 0.15) is 26.7 Å². The van der Waals surface area contributed by atoms with Gasteiger partial charge in [-0.3, -0.25) is 9.59 Å². The summed E-state index contributed by atoms with van der Waals surface area (Å²) in [7, 11) is 0. The Hall–Kier alpha value is -1.14. The van der Waals surface area contributed by atoms with Crippen LogP contribution in [0.25, 0.3) is 0 Å². The monoisotopic (exact) mass is 232 g/mol. The van der Waals surface area contributed by atoms with Crippen LogP contribution in [0.4, 0.5) is 0 Å². The van der Waals surface area contributed by atoms with Gasteiger partial charge >= 0.3 is 5.97 Å². The topological polar surface area (TPSA) is 113 Å². The molecule has 2 atom stereocenters. The van der Waals surface area contributed by atoms with E-state index in [9.17, 15) is 14.7 Å². The number of nitrogens with one attached hydrogen (secondary N) is 1. The number of aliphatic carboxylic acids is 1. The molecule has 0 spiro atoms. The molecule has 0 aliphatic carbocycles. The number of amides is 1. The normalized spacial score (nSPS) is 16.2. The molecule has 0 bridgehead atoms. The van der Waals surface area contributed by atoms with Crippen molar-refractivity contribution in [2.45, 2.75) is 32.3 Å². The molecular weight excluding hydrogens is 212 g/mol. The second-order valence-corrected chi connectivity index (χ2v) is 4.39. The van der Waals surface area contributed by atoms with Gasteiger partial charge < -0.3 is 21.3 Å². The second kappa shape index (κ2) is 6.44. The molecule has 0 rings (SSSR count). The van der Waals surface area contributed by atoms with E-state index in [4.69, 9.17) is 10.8 Å². The molecule has 1 amide bonds. The summed E-state index contributed by atoms with van der Waals surface area (Å²) in [5.74, 6) is -1.26. The van der Waals surface area contributed by atoms with E-state index in [0.717, 1.165) is 0 Å². The van der Waals surface area contributed by atoms with Crippen molar-refractivity contribution in [2.24, 2.45) is 11.7 Å². The van der Waals surface area contributed by atoms with Crippen LogP contribution in [0.5, 0.6) is 0 Å². The third-order valence-corrected chi connectivity index (χ3v) is 2.13. The van der Waals surface area contributed by atoms with Crippen molar-refractivity contribution in [3.05, 3.63) is 0 Å². The van der Waals surface area contributed by atoms with Crippen molar-refractivity contribution < 1.29 is 19.8 Å². The van der Waals surface area contributed by atoms with Crippen molar-refractivity contribution in [1.29, 1.82) is 0 Å². The molecule has 94 valence electrons. The zero-order valence-corrected chi connectivity index (χ0v) is 9.69. The van der Waals surface area contributed by atoms with Crippen LogP contribution in [0.15, 0.2) is 0 Å². The van der Waals surface area contributed by atoms with Crippen LogP contribution in [0.2, 0.25) is 0 Å². The molecule has 0 saturated carbocycles. The number of aliphatic hydroxyl groups is 1. The first-order valence-electron chi connectivity index (χ1n) is 5.18. The van der Waals surface area contributed by atoms with Crippen molar-refractivity contribution in [3.8, 4) is 0 Å². The van der Waals surface area contributed by atoms with Crippen LogP contribution in [0.3, 0.4) is 0 Å². The molecule has 0 aromatic heterocycles. The van der Waals surface area contributed by atoms with E-state index in [-0.39, 0.29) is 24.8 Å². The zero-order valence-electron chi connectivity index (χ0n) is 9.69. The summed E-state index contributed by atoms with van der Waals surface area (Å²) in [5, 5.41) is 20.6. The highest BCUT2D eigenvalue weighted by molar-refractivity contribution is 5.76. The Morgan fingerprint density at radius 1 is 1.50 bits per heavy atom. The zero-order chi connectivity index (χ0) is 12.8. The molecule has 16 heavy (non-hydrogen) atoms. The number of carboxylic acid groups (broad SMARTS) is 1. The highest BCUT2D eigenvalue weighted by Gasteiger charge is 2.24. The van der Waals surface area contributed by atoms with Crippen molar-refractivity contribution >= 4 is 11.9 Å². The summed E-state index contributed by atoms with van der Waals surface area (Å²) in [6, 6.07) is 0. The molecule has 6 heteroatoms. The summed E-state index contributed by atoms with van der Waals surface area (Å²) in [4.78, 5) is 21.7. The standard InChI is InChI=1S/C10H20N2O4/c1-7(5-11)3-8(13)12-6-10(2,16)4-9(14)15/h7,16H,3-6,11H2,1-2H3,(H,12,13)(H,14,15). The second-order valence-electron chi connectivity index (χ2n) is 4.39. The summed E-state index contributed by atoms with van der Waals surface area (Å²) in [6.07, 6.45) is -0.126. The van der Waals surface area contributed by atoms with Gasteiger partial charge in [0.1, 0.15) is 0 Å². The lowest BCUT2D eigenvalue weighted by Gasteiger charge is -2.21. The van der Waals surface area contributed by atoms with Gasteiger partial charge in [-0.1, -0.05) is 6.92 Å². The van der Waals surface area contributed by atoms with Crippen LogP contribution < -0.4 is 11.1 Å². The SMILES string of the molecule is CC(CN)CC(=O)NCC(C)(O)CC(=O)O. The fraction of sp³-hybridized carbons (Fsp3) is 0.800. The Kier molecular flexibility index (Phi) is 5.98. The first-order chi connectivity index (χ1) is 7.26. The van der Waals surface area contributed by atoms with Gasteiger partial charge in [0.05, 0.1) is 12.0 Å². The number of rotatable bonds is 7. The highest BCUT2D eigenvalue weighted by Crippen LogP contribution is 2.08. The van der Waals surface area contributed by atoms with E-state index in [2.05, 4.69) is 5.32 Å². The maximum absolute atomic E-state index is 11.3. The summed E-state index contributed by atoms with van der Waals surface area (Å²) >= 11 is 0. The lowest BCUT2D eigenvalue weighted by atomic mass is 10.0. The largest absolute Gasteiger partial charge is 0.481 e. The van der Waals surface area contributed by atoms with E-state index in [1.807, 2.05) is 6.92 Å². The van der Waals surface area contributed by atoms with Gasteiger partial charge in [-0.15, -0.1) is 0 Å². The third kappa shape index (κ3) is 7.19. The molecule has 0 fully saturated rings. The third-order valence-electron chi connectivity index (χ3n) is 2.13. The molecule has 0 heterocycles. The lowest BCUT2D eigenvalue weighted by molar-refractivity contribution is -0.142. The Morgan fingerprint density at radius 3 is 2.50 bits per heavy atom. The minimum Gasteiger partial charge on any atom is -0.481 e. The molecule has 0 radical (unpaired) electrons. The van der Waals surface area contributed by atoms with Gasteiger partial charge in [-0.05, 0) is 19.4 Å². The predicted octanol–water partition coefficient (Wildman–Crippen LogP) is -0.687. The smallest absolute Gasteiger partial charge is 0.306 e. The average molecular weight is 232 g/mol. The Bertz CT molecular complexity index is 253. The van der Waals surface area contributed by atoms with E-state index < -0.39 is 18.0 Å². The minimum absolute atomic E-state index is 0.0735. The lowest BCUT2D eigenvalue weighted by Crippen LogP contribution is -2.42. The molecule has 0 saturated heterocycles. The Morgan fingerprint density at radius 2 is 2.06 bits per heavy atom. The van der Waals surface area contributed by atoms with E-state index in [1.54, 1.807) is 0 Å². The van der Waals surface area contributed by atoms with Gasteiger partial charge in [0, 0.05) is 13.0 Å². The molecule has 6 nitrogen and oxygen atoms in total. The van der Waals surface area contributed by atoms with Gasteiger partial charge in [0.15, 0.2) is 0 Å². The van der Waals surface area contributed by atoms with Crippen molar-refractivity contribution in [1.82, 2.24) is 5.32 Å². The van der Waals surface area contributed by atoms with Gasteiger partial charge in [0.2, 0.25) is 5.91 Å². The maximum Gasteiger partial charge on any atom is 0.306 e. The van der Waals surface area contributed by atoms with Crippen LogP contribution in [0, 0.1) is 5.92 Å². The quantitative estimate of drug-likeness (QED) is 0.464. The first-order valence-corrected chi connectivity index (χ1v) is 5.18. The molecule has 5 N–H and O–H groups in total. The fourth-order valence-electron chi connectivity index (χ4n) is 1.15. The summed E-state index contributed by atoms with van der Waals surface area (Å²) in [5.41, 5.74) is 3.94. The summed E-state index contributed by atoms with van der Waals surface area (Å²) in [6.45, 7) is 3.55. The number of carbonyl (C=O) groups is 2. The van der Waals surface area contributed by atoms with Crippen LogP contribution >= 0.6 is 0 Å². The molecule has 0 aromatic carbocycles. The van der Waals surface area contributed by atoms with Crippen molar-refractivity contribution in [3.63, 3.8) is 0 Å². The van der Waals surface area contributed by atoms with Gasteiger partial charge in [0.25, 0.3) is 0 Å². The van der Waals surface area contributed by atoms with Gasteiger partial charge in [-0.25, -0.2) is 0 Å². The number of hydrogen-bond acceptors (Lipinski definition) is 4. The van der Waals surface area contributed by atoms with Gasteiger partial charge in [-0.2, -0.15) is 0 Å². The highest BCUT2D eigenvalue weighted by atomic mass is 16.4. The average Bonchev–Trinajstić information content (AvgIpc) is 2.13. The Labute approximate surface area is 94.8 Å². The van der Waals surface area contributed by atoms with E-state index in [1.165, 1.54) is 6.92 Å². The maximum atomic E-state index is 11.3. The molecule has 0 aliphatic heterocycles. The number of nitrogens with two attached hydrogens (primary N) is 1. The molecule has 2 unspecified atom stereocenters. The van der Waals surface area contributed by atoms with Crippen molar-refractivity contribution in [2.75, 3.05) is 13.1 Å². The summed E-state index contributed by atoms with van der Waals surface area (Å²) < 4.78 is 0. The number of carboxylic acids is 1. The fourth-order valence-corrected chi connectivity index (χ4v) is 1.15. The van der Waals surface area contributed by atoms with E-state index >= 15 is 0 Å². The van der Waals surface area contributed by atoms with E-state index in [0.29, 0.717) is 6.54 Å². The van der Waals surface area contributed by atoms with Crippen LogP contribution in [-0.2, 0) is 9.59 Å². The minimum atomic E-state index is -1.42. The predicted molar refractivity (Wildman–Crippen MR) is 58.7 cm³/mol. The number of hydrogen-bond donors (Lipinski definition) is 4.